The molecule has 98 valence electrons. The van der Waals surface area contributed by atoms with Crippen LogP contribution >= 0.6 is 11.6 Å². The molecule has 1 aromatic carbocycles. The van der Waals surface area contributed by atoms with Gasteiger partial charge >= 0.3 is 0 Å². The Labute approximate surface area is 112 Å². The average molecular weight is 268 g/mol. The van der Waals surface area contributed by atoms with Gasteiger partial charge in [0.05, 0.1) is 6.04 Å². The van der Waals surface area contributed by atoms with Gasteiger partial charge in [-0.2, -0.15) is 0 Å². The molecule has 2 unspecified atom stereocenters. The van der Waals surface area contributed by atoms with Crippen molar-refractivity contribution in [3.8, 4) is 0 Å². The van der Waals surface area contributed by atoms with E-state index in [1.165, 1.54) is 0 Å². The van der Waals surface area contributed by atoms with E-state index in [4.69, 9.17) is 16.3 Å². The van der Waals surface area contributed by atoms with Crippen LogP contribution in [0.5, 0.6) is 0 Å². The summed E-state index contributed by atoms with van der Waals surface area (Å²) in [5.74, 6) is 0.403. The highest BCUT2D eigenvalue weighted by Gasteiger charge is 2.22. The second-order valence-electron chi connectivity index (χ2n) is 4.63. The lowest BCUT2D eigenvalue weighted by molar-refractivity contribution is -0.119. The third-order valence-electron chi connectivity index (χ3n) is 3.25. The molecule has 4 heteroatoms. The minimum absolute atomic E-state index is 0.00446. The zero-order chi connectivity index (χ0) is 12.8. The van der Waals surface area contributed by atoms with Gasteiger partial charge in [0, 0.05) is 13.2 Å². The summed E-state index contributed by atoms with van der Waals surface area (Å²) in [6.07, 6.45) is 1.98. The summed E-state index contributed by atoms with van der Waals surface area (Å²) in [6.45, 7) is 1.62. The first-order valence-electron chi connectivity index (χ1n) is 6.27. The van der Waals surface area contributed by atoms with Gasteiger partial charge in [0.2, 0.25) is 5.91 Å². The van der Waals surface area contributed by atoms with Crippen molar-refractivity contribution in [3.05, 3.63) is 35.9 Å². The topological polar surface area (TPSA) is 38.3 Å². The van der Waals surface area contributed by atoms with E-state index in [0.717, 1.165) is 31.6 Å². The molecule has 2 atom stereocenters. The maximum atomic E-state index is 11.5. The highest BCUT2D eigenvalue weighted by Crippen LogP contribution is 2.26. The molecule has 1 N–H and O–H groups in total. The number of halogens is 1. The number of carbonyl (C=O) groups excluding carboxylic acids is 1. The number of rotatable bonds is 5. The van der Waals surface area contributed by atoms with Gasteiger partial charge < -0.3 is 10.1 Å². The lowest BCUT2D eigenvalue weighted by atomic mass is 9.94. The van der Waals surface area contributed by atoms with Crippen LogP contribution in [0.1, 0.15) is 24.4 Å². The van der Waals surface area contributed by atoms with Crippen molar-refractivity contribution in [2.24, 2.45) is 5.92 Å². The van der Waals surface area contributed by atoms with Crippen LogP contribution in [-0.2, 0) is 9.53 Å². The Morgan fingerprint density at radius 1 is 1.44 bits per heavy atom. The van der Waals surface area contributed by atoms with Crippen LogP contribution in [0.25, 0.3) is 0 Å². The minimum atomic E-state index is -0.121. The van der Waals surface area contributed by atoms with E-state index in [2.05, 4.69) is 5.32 Å². The molecule has 1 heterocycles. The molecule has 1 aromatic rings. The summed E-state index contributed by atoms with van der Waals surface area (Å²) in [4.78, 5) is 11.5. The van der Waals surface area contributed by atoms with Crippen LogP contribution in [0.4, 0.5) is 0 Å². The Bertz CT molecular complexity index is 377. The standard InChI is InChI=1S/C14H18ClNO2/c15-9-14(17)16-13(8-11-6-7-18-10-11)12-4-2-1-3-5-12/h1-5,11,13H,6-10H2,(H,16,17). The molecule has 1 aliphatic rings. The number of nitrogens with one attached hydrogen (secondary N) is 1. The SMILES string of the molecule is O=C(CCl)NC(CC1CCOC1)c1ccccc1. The van der Waals surface area contributed by atoms with E-state index < -0.39 is 0 Å². The zero-order valence-corrected chi connectivity index (χ0v) is 11.0. The number of benzene rings is 1. The van der Waals surface area contributed by atoms with Crippen molar-refractivity contribution in [1.82, 2.24) is 5.32 Å². The van der Waals surface area contributed by atoms with Gasteiger partial charge in [0.25, 0.3) is 0 Å². The smallest absolute Gasteiger partial charge is 0.235 e. The molecule has 0 radical (unpaired) electrons. The number of hydrogen-bond donors (Lipinski definition) is 1. The van der Waals surface area contributed by atoms with Crippen LogP contribution in [0.15, 0.2) is 30.3 Å². The van der Waals surface area contributed by atoms with E-state index in [1.807, 2.05) is 30.3 Å². The van der Waals surface area contributed by atoms with Crippen molar-refractivity contribution < 1.29 is 9.53 Å². The first-order valence-corrected chi connectivity index (χ1v) is 6.81. The van der Waals surface area contributed by atoms with E-state index >= 15 is 0 Å². The molecule has 0 aromatic heterocycles. The molecule has 1 fully saturated rings. The van der Waals surface area contributed by atoms with Crippen LogP contribution < -0.4 is 5.32 Å². The van der Waals surface area contributed by atoms with Gasteiger partial charge in [-0.15, -0.1) is 11.6 Å². The monoisotopic (exact) mass is 267 g/mol. The van der Waals surface area contributed by atoms with Crippen LogP contribution in [0, 0.1) is 5.92 Å². The average Bonchev–Trinajstić information content (AvgIpc) is 2.92. The Morgan fingerprint density at radius 3 is 2.83 bits per heavy atom. The summed E-state index contributed by atoms with van der Waals surface area (Å²) in [6, 6.07) is 10.1. The summed E-state index contributed by atoms with van der Waals surface area (Å²) in [5.41, 5.74) is 1.13. The predicted molar refractivity (Wildman–Crippen MR) is 71.6 cm³/mol. The van der Waals surface area contributed by atoms with E-state index in [9.17, 15) is 4.79 Å². The van der Waals surface area contributed by atoms with Crippen molar-refractivity contribution >= 4 is 17.5 Å². The quantitative estimate of drug-likeness (QED) is 0.833. The molecule has 0 aliphatic carbocycles. The molecular weight excluding hydrogens is 250 g/mol. The summed E-state index contributed by atoms with van der Waals surface area (Å²) < 4.78 is 5.39. The summed E-state index contributed by atoms with van der Waals surface area (Å²) in [5, 5.41) is 2.98. The zero-order valence-electron chi connectivity index (χ0n) is 10.3. The molecule has 0 saturated carbocycles. The minimum Gasteiger partial charge on any atom is -0.381 e. The van der Waals surface area contributed by atoms with Crippen molar-refractivity contribution in [2.45, 2.75) is 18.9 Å². The fraction of sp³-hybridized carbons (Fsp3) is 0.500. The highest BCUT2D eigenvalue weighted by atomic mass is 35.5. The lowest BCUT2D eigenvalue weighted by Crippen LogP contribution is -2.31. The highest BCUT2D eigenvalue weighted by molar-refractivity contribution is 6.27. The number of hydrogen-bond acceptors (Lipinski definition) is 2. The second kappa shape index (κ2) is 6.76. The molecule has 18 heavy (non-hydrogen) atoms. The third kappa shape index (κ3) is 3.72. The first-order chi connectivity index (χ1) is 8.79. The Hall–Kier alpha value is -1.06. The van der Waals surface area contributed by atoms with Gasteiger partial charge in [-0.25, -0.2) is 0 Å². The number of ether oxygens (including phenoxy) is 1. The van der Waals surface area contributed by atoms with E-state index in [-0.39, 0.29) is 17.8 Å². The Morgan fingerprint density at radius 2 is 2.22 bits per heavy atom. The summed E-state index contributed by atoms with van der Waals surface area (Å²) in [7, 11) is 0. The van der Waals surface area contributed by atoms with Crippen LogP contribution in [0.2, 0.25) is 0 Å². The van der Waals surface area contributed by atoms with Gasteiger partial charge in [-0.3, -0.25) is 4.79 Å². The van der Waals surface area contributed by atoms with Crippen molar-refractivity contribution in [3.63, 3.8) is 0 Å². The molecule has 0 spiro atoms. The van der Waals surface area contributed by atoms with Gasteiger partial charge in [0.15, 0.2) is 0 Å². The fourth-order valence-electron chi connectivity index (χ4n) is 2.30. The molecule has 3 nitrogen and oxygen atoms in total. The van der Waals surface area contributed by atoms with E-state index in [1.54, 1.807) is 0 Å². The molecule has 0 bridgehead atoms. The molecular formula is C14H18ClNO2. The van der Waals surface area contributed by atoms with Gasteiger partial charge in [-0.05, 0) is 24.3 Å². The van der Waals surface area contributed by atoms with E-state index in [0.29, 0.717) is 5.92 Å². The normalized spacial score (nSPS) is 20.6. The van der Waals surface area contributed by atoms with Gasteiger partial charge in [0.1, 0.15) is 5.88 Å². The van der Waals surface area contributed by atoms with Gasteiger partial charge in [-0.1, -0.05) is 30.3 Å². The maximum Gasteiger partial charge on any atom is 0.235 e. The predicted octanol–water partition coefficient (Wildman–Crippen LogP) is 2.51. The number of amides is 1. The van der Waals surface area contributed by atoms with Crippen molar-refractivity contribution in [2.75, 3.05) is 19.1 Å². The van der Waals surface area contributed by atoms with Crippen molar-refractivity contribution in [1.29, 1.82) is 0 Å². The maximum absolute atomic E-state index is 11.5. The molecule has 1 amide bonds. The molecule has 1 aliphatic heterocycles. The third-order valence-corrected chi connectivity index (χ3v) is 3.49. The largest absolute Gasteiger partial charge is 0.381 e. The molecule has 2 rings (SSSR count). The Balaban J connectivity index is 2.04. The summed E-state index contributed by atoms with van der Waals surface area (Å²) >= 11 is 5.56. The molecule has 1 saturated heterocycles. The number of carbonyl (C=O) groups is 1. The Kier molecular flexibility index (Phi) is 5.02. The fourth-order valence-corrected chi connectivity index (χ4v) is 2.38. The van der Waals surface area contributed by atoms with Crippen LogP contribution in [0.3, 0.4) is 0 Å². The van der Waals surface area contributed by atoms with Crippen LogP contribution in [-0.4, -0.2) is 25.0 Å². The second-order valence-corrected chi connectivity index (χ2v) is 4.90. The lowest BCUT2D eigenvalue weighted by Gasteiger charge is -2.21. The number of alkyl halides is 1. The first kappa shape index (κ1) is 13.4.